The van der Waals surface area contributed by atoms with E-state index in [9.17, 15) is 9.90 Å². The van der Waals surface area contributed by atoms with Gasteiger partial charge in [0.1, 0.15) is 18.2 Å². The lowest BCUT2D eigenvalue weighted by molar-refractivity contribution is -0.307. The van der Waals surface area contributed by atoms with E-state index >= 15 is 0 Å². The van der Waals surface area contributed by atoms with Crippen molar-refractivity contribution in [2.24, 2.45) is 0 Å². The molecule has 0 saturated carbocycles. The van der Waals surface area contributed by atoms with Gasteiger partial charge in [0.25, 0.3) is 0 Å². The predicted molar refractivity (Wildman–Crippen MR) is 120 cm³/mol. The summed E-state index contributed by atoms with van der Waals surface area (Å²) in [6.07, 6.45) is 5.62. The summed E-state index contributed by atoms with van der Waals surface area (Å²) in [6, 6.07) is 13.3. The van der Waals surface area contributed by atoms with Crippen LogP contribution in [0.25, 0.3) is 11.3 Å². The molecule has 0 saturated heterocycles. The Morgan fingerprint density at radius 2 is 1.94 bits per heavy atom. The number of aromatic nitrogens is 2. The molecule has 7 heteroatoms. The van der Waals surface area contributed by atoms with Gasteiger partial charge in [0.15, 0.2) is 0 Å². The Bertz CT molecular complexity index is 1020. The SMILES string of the molecule is CCCCN(Cc1ccc(OCC(=O)[O-])c(C)c1)c1cncc(-c2ccc(Cl)cc2)n1. The van der Waals surface area contributed by atoms with Crippen molar-refractivity contribution in [1.29, 1.82) is 0 Å². The standard InChI is InChI=1S/C24H26ClN3O3/c1-3-4-11-28(15-18-5-10-22(17(2)12-18)31-16-24(29)30)23-14-26-13-21(27-23)19-6-8-20(25)9-7-19/h5-10,12-14H,3-4,11,15-16H2,1-2H3,(H,29,30)/p-1. The first-order chi connectivity index (χ1) is 15.0. The van der Waals surface area contributed by atoms with Crippen LogP contribution in [0.5, 0.6) is 5.75 Å². The molecule has 0 amide bonds. The number of benzene rings is 2. The molecule has 31 heavy (non-hydrogen) atoms. The Kier molecular flexibility index (Phi) is 7.84. The first-order valence-electron chi connectivity index (χ1n) is 10.2. The van der Waals surface area contributed by atoms with Gasteiger partial charge in [0.2, 0.25) is 0 Å². The molecule has 6 nitrogen and oxygen atoms in total. The van der Waals surface area contributed by atoms with Crippen molar-refractivity contribution in [1.82, 2.24) is 9.97 Å². The van der Waals surface area contributed by atoms with Crippen molar-refractivity contribution in [2.75, 3.05) is 18.1 Å². The molecule has 0 aliphatic carbocycles. The first kappa shape index (κ1) is 22.6. The third-order valence-electron chi connectivity index (χ3n) is 4.83. The molecule has 0 aliphatic rings. The maximum Gasteiger partial charge on any atom is 0.148 e. The number of ether oxygens (including phenoxy) is 1. The fourth-order valence-electron chi connectivity index (χ4n) is 3.22. The average molecular weight is 439 g/mol. The van der Waals surface area contributed by atoms with Gasteiger partial charge in [-0.15, -0.1) is 0 Å². The Balaban J connectivity index is 1.82. The molecule has 0 unspecified atom stereocenters. The first-order valence-corrected chi connectivity index (χ1v) is 10.6. The summed E-state index contributed by atoms with van der Waals surface area (Å²) >= 11 is 6.00. The van der Waals surface area contributed by atoms with Crippen LogP contribution in [0, 0.1) is 6.92 Å². The van der Waals surface area contributed by atoms with Gasteiger partial charge in [-0.2, -0.15) is 0 Å². The van der Waals surface area contributed by atoms with Gasteiger partial charge in [0.05, 0.1) is 24.1 Å². The number of aryl methyl sites for hydroxylation is 1. The molecule has 0 fully saturated rings. The highest BCUT2D eigenvalue weighted by Crippen LogP contribution is 2.24. The second-order valence-electron chi connectivity index (χ2n) is 7.31. The molecule has 0 aliphatic heterocycles. The maximum atomic E-state index is 10.6. The number of carbonyl (C=O) groups excluding carboxylic acids is 1. The van der Waals surface area contributed by atoms with E-state index in [0.717, 1.165) is 47.6 Å². The molecule has 0 bridgehead atoms. The highest BCUT2D eigenvalue weighted by molar-refractivity contribution is 6.30. The third kappa shape index (κ3) is 6.43. The van der Waals surface area contributed by atoms with Gasteiger partial charge in [-0.1, -0.05) is 49.2 Å². The Labute approximate surface area is 187 Å². The molecule has 0 atom stereocenters. The monoisotopic (exact) mass is 438 g/mol. The van der Waals surface area contributed by atoms with Gasteiger partial charge in [-0.05, 0) is 42.7 Å². The van der Waals surface area contributed by atoms with Crippen molar-refractivity contribution in [3.63, 3.8) is 0 Å². The molecule has 0 spiro atoms. The van der Waals surface area contributed by atoms with Crippen molar-refractivity contribution >= 4 is 23.4 Å². The van der Waals surface area contributed by atoms with E-state index in [4.69, 9.17) is 21.3 Å². The minimum Gasteiger partial charge on any atom is -0.546 e. The highest BCUT2D eigenvalue weighted by atomic mass is 35.5. The lowest BCUT2D eigenvalue weighted by Crippen LogP contribution is -2.29. The van der Waals surface area contributed by atoms with E-state index < -0.39 is 12.6 Å². The zero-order chi connectivity index (χ0) is 22.2. The zero-order valence-electron chi connectivity index (χ0n) is 17.7. The average Bonchev–Trinajstić information content (AvgIpc) is 2.76. The van der Waals surface area contributed by atoms with Crippen LogP contribution in [0.15, 0.2) is 54.9 Å². The van der Waals surface area contributed by atoms with E-state index in [1.807, 2.05) is 43.3 Å². The van der Waals surface area contributed by atoms with Gasteiger partial charge in [-0.25, -0.2) is 4.98 Å². The van der Waals surface area contributed by atoms with Crippen LogP contribution in [0.1, 0.15) is 30.9 Å². The molecule has 3 rings (SSSR count). The van der Waals surface area contributed by atoms with Crippen molar-refractivity contribution in [2.45, 2.75) is 33.2 Å². The van der Waals surface area contributed by atoms with E-state index in [-0.39, 0.29) is 0 Å². The molecule has 1 heterocycles. The minimum absolute atomic E-state index is 0.462. The highest BCUT2D eigenvalue weighted by Gasteiger charge is 2.12. The summed E-state index contributed by atoms with van der Waals surface area (Å²) in [5.41, 5.74) is 3.70. The number of carboxylic acids is 1. The molecular weight excluding hydrogens is 414 g/mol. The number of halogens is 1. The van der Waals surface area contributed by atoms with Crippen molar-refractivity contribution in [3.05, 3.63) is 71.0 Å². The quantitative estimate of drug-likeness (QED) is 0.475. The number of anilines is 1. The summed E-state index contributed by atoms with van der Waals surface area (Å²) in [6.45, 7) is 5.08. The lowest BCUT2D eigenvalue weighted by Gasteiger charge is -2.24. The number of carbonyl (C=O) groups is 1. The molecule has 1 aromatic heterocycles. The van der Waals surface area contributed by atoms with Crippen molar-refractivity contribution in [3.8, 4) is 17.0 Å². The number of rotatable bonds is 10. The van der Waals surface area contributed by atoms with Crippen LogP contribution < -0.4 is 14.7 Å². The van der Waals surface area contributed by atoms with Crippen LogP contribution >= 0.6 is 11.6 Å². The number of aliphatic carboxylic acids is 1. The lowest BCUT2D eigenvalue weighted by atomic mass is 10.1. The largest absolute Gasteiger partial charge is 0.546 e. The van der Waals surface area contributed by atoms with Gasteiger partial charge >= 0.3 is 0 Å². The normalized spacial score (nSPS) is 10.7. The molecule has 3 aromatic rings. The summed E-state index contributed by atoms with van der Waals surface area (Å²) < 4.78 is 5.27. The fraction of sp³-hybridized carbons (Fsp3) is 0.292. The van der Waals surface area contributed by atoms with E-state index in [2.05, 4.69) is 16.8 Å². The smallest absolute Gasteiger partial charge is 0.148 e. The second kappa shape index (κ2) is 10.8. The molecule has 0 radical (unpaired) electrons. The minimum atomic E-state index is -1.24. The number of nitrogens with zero attached hydrogens (tertiary/aromatic N) is 3. The third-order valence-corrected chi connectivity index (χ3v) is 5.08. The van der Waals surface area contributed by atoms with Crippen LogP contribution in [0.3, 0.4) is 0 Å². The van der Waals surface area contributed by atoms with Gasteiger partial charge in [0, 0.05) is 23.7 Å². The number of unbranched alkanes of at least 4 members (excludes halogenated alkanes) is 1. The van der Waals surface area contributed by atoms with Crippen LogP contribution in [0.4, 0.5) is 5.82 Å². The number of carboxylic acid groups (broad SMARTS) is 1. The summed E-state index contributed by atoms with van der Waals surface area (Å²) in [5, 5.41) is 11.3. The van der Waals surface area contributed by atoms with Gasteiger partial charge < -0.3 is 19.5 Å². The molecular formula is C24H25ClN3O3-. The Hall–Kier alpha value is -3.12. The van der Waals surface area contributed by atoms with Gasteiger partial charge in [-0.3, -0.25) is 4.98 Å². The Morgan fingerprint density at radius 3 is 2.61 bits per heavy atom. The molecule has 2 aromatic carbocycles. The maximum absolute atomic E-state index is 10.6. The Morgan fingerprint density at radius 1 is 1.16 bits per heavy atom. The zero-order valence-corrected chi connectivity index (χ0v) is 18.4. The number of hydrogen-bond donors (Lipinski definition) is 0. The van der Waals surface area contributed by atoms with Crippen LogP contribution in [-0.4, -0.2) is 29.1 Å². The summed E-state index contributed by atoms with van der Waals surface area (Å²) in [7, 11) is 0. The molecule has 162 valence electrons. The van der Waals surface area contributed by atoms with Crippen LogP contribution in [0.2, 0.25) is 5.02 Å². The fourth-order valence-corrected chi connectivity index (χ4v) is 3.35. The second-order valence-corrected chi connectivity index (χ2v) is 7.74. The summed E-state index contributed by atoms with van der Waals surface area (Å²) in [5.74, 6) is 0.0989. The topological polar surface area (TPSA) is 78.4 Å². The van der Waals surface area contributed by atoms with Crippen LogP contribution in [-0.2, 0) is 11.3 Å². The number of hydrogen-bond acceptors (Lipinski definition) is 6. The van der Waals surface area contributed by atoms with E-state index in [1.165, 1.54) is 0 Å². The summed E-state index contributed by atoms with van der Waals surface area (Å²) in [4.78, 5) is 22.1. The predicted octanol–water partition coefficient (Wildman–Crippen LogP) is 4.04. The van der Waals surface area contributed by atoms with Crippen molar-refractivity contribution < 1.29 is 14.6 Å². The molecule has 0 N–H and O–H groups in total. The van der Waals surface area contributed by atoms with E-state index in [1.54, 1.807) is 18.5 Å². The van der Waals surface area contributed by atoms with E-state index in [0.29, 0.717) is 17.3 Å².